The van der Waals surface area contributed by atoms with Crippen LogP contribution in [0, 0.1) is 5.41 Å². The maximum atomic E-state index is 13.8. The summed E-state index contributed by atoms with van der Waals surface area (Å²) in [4.78, 5) is 31.2. The van der Waals surface area contributed by atoms with Gasteiger partial charge >= 0.3 is 12.1 Å². The van der Waals surface area contributed by atoms with Crippen molar-refractivity contribution in [1.82, 2.24) is 9.88 Å². The number of hydrogen-bond donors (Lipinski definition) is 2. The van der Waals surface area contributed by atoms with Crippen LogP contribution in [0.15, 0.2) is 42.5 Å². The molecule has 2 N–H and O–H groups in total. The number of carbonyl (C=O) groups excluding carboxylic acids is 1. The summed E-state index contributed by atoms with van der Waals surface area (Å²) in [5.41, 5.74) is 0.138. The van der Waals surface area contributed by atoms with Crippen LogP contribution in [-0.2, 0) is 17.5 Å². The lowest BCUT2D eigenvalue weighted by atomic mass is 9.84. The van der Waals surface area contributed by atoms with Crippen molar-refractivity contribution in [1.29, 1.82) is 0 Å². The average Bonchev–Trinajstić information content (AvgIpc) is 3.27. The number of alkyl halides is 3. The van der Waals surface area contributed by atoms with Gasteiger partial charge in [-0.15, -0.1) is 0 Å². The molecule has 3 aromatic rings. The number of hydrogen-bond acceptors (Lipinski definition) is 7. The number of benzene rings is 2. The molecule has 12 heteroatoms. The molecule has 0 atom stereocenters. The fourth-order valence-corrected chi connectivity index (χ4v) is 5.74. The molecule has 1 saturated heterocycles. The standard InChI is InChI=1S/C28H30F3N3O5S/c1-27(2)11-4-12-34(16-27)14-22-24(18-7-10-21(38-3)20(13-18)28(29,30)31)32-26(40-22)33-25(37)17-5-8-19(9-6-17)39-15-23(35)36/h5-10,13H,4,11-12,14-16H2,1-3H3,(H,35,36)(H,32,33,37). The van der Waals surface area contributed by atoms with Gasteiger partial charge in [-0.3, -0.25) is 15.0 Å². The van der Waals surface area contributed by atoms with Gasteiger partial charge in [-0.1, -0.05) is 25.2 Å². The molecule has 0 spiro atoms. The first-order chi connectivity index (χ1) is 18.8. The Bertz CT molecular complexity index is 1370. The summed E-state index contributed by atoms with van der Waals surface area (Å²) in [7, 11) is 1.19. The summed E-state index contributed by atoms with van der Waals surface area (Å²) in [5.74, 6) is -1.58. The van der Waals surface area contributed by atoms with Gasteiger partial charge in [-0.05, 0) is 67.3 Å². The largest absolute Gasteiger partial charge is 0.496 e. The minimum atomic E-state index is -4.62. The summed E-state index contributed by atoms with van der Waals surface area (Å²) in [6, 6.07) is 9.76. The lowest BCUT2D eigenvalue weighted by Gasteiger charge is -2.37. The third-order valence-electron chi connectivity index (χ3n) is 6.52. The molecule has 2 aromatic carbocycles. The molecule has 1 amide bonds. The van der Waals surface area contributed by atoms with Crippen molar-refractivity contribution in [2.75, 3.05) is 32.1 Å². The number of nitrogens with one attached hydrogen (secondary N) is 1. The number of carboxylic acid groups (broad SMARTS) is 1. The molecule has 40 heavy (non-hydrogen) atoms. The number of amides is 1. The van der Waals surface area contributed by atoms with E-state index in [9.17, 15) is 22.8 Å². The number of carbonyl (C=O) groups is 2. The van der Waals surface area contributed by atoms with Gasteiger partial charge in [0.15, 0.2) is 11.7 Å². The fraction of sp³-hybridized carbons (Fsp3) is 0.393. The second kappa shape index (κ2) is 11.8. The Morgan fingerprint density at radius 2 is 1.90 bits per heavy atom. The molecule has 0 bridgehead atoms. The first-order valence-corrected chi connectivity index (χ1v) is 13.4. The van der Waals surface area contributed by atoms with E-state index >= 15 is 0 Å². The van der Waals surface area contributed by atoms with Gasteiger partial charge in [0, 0.05) is 29.1 Å². The molecule has 1 aliphatic rings. The number of rotatable bonds is 9. The van der Waals surface area contributed by atoms with E-state index in [1.54, 1.807) is 0 Å². The van der Waals surface area contributed by atoms with E-state index in [0.717, 1.165) is 36.9 Å². The number of halogens is 3. The number of aliphatic carboxylic acids is 1. The number of carboxylic acids is 1. The van der Waals surface area contributed by atoms with Crippen LogP contribution in [0.4, 0.5) is 18.3 Å². The Balaban J connectivity index is 1.63. The van der Waals surface area contributed by atoms with Crippen molar-refractivity contribution in [2.24, 2.45) is 5.41 Å². The number of aromatic nitrogens is 1. The molecule has 1 aliphatic heterocycles. The van der Waals surface area contributed by atoms with Crippen LogP contribution < -0.4 is 14.8 Å². The van der Waals surface area contributed by atoms with Gasteiger partial charge in [-0.2, -0.15) is 13.2 Å². The van der Waals surface area contributed by atoms with Crippen LogP contribution in [0.1, 0.15) is 47.5 Å². The van der Waals surface area contributed by atoms with Crippen LogP contribution in [0.3, 0.4) is 0 Å². The van der Waals surface area contributed by atoms with Crippen molar-refractivity contribution in [3.63, 3.8) is 0 Å². The molecule has 1 fully saturated rings. The second-order valence-electron chi connectivity index (χ2n) is 10.3. The normalized spacial score (nSPS) is 15.4. The summed E-state index contributed by atoms with van der Waals surface area (Å²) in [6.45, 7) is 6.04. The molecular formula is C28H30F3N3O5S. The molecule has 0 unspecified atom stereocenters. The third kappa shape index (κ3) is 7.30. The van der Waals surface area contributed by atoms with E-state index in [1.807, 2.05) is 0 Å². The van der Waals surface area contributed by atoms with E-state index in [0.29, 0.717) is 18.0 Å². The van der Waals surface area contributed by atoms with Crippen molar-refractivity contribution < 1.29 is 37.3 Å². The number of piperidine rings is 1. The van der Waals surface area contributed by atoms with Crippen LogP contribution in [0.5, 0.6) is 11.5 Å². The van der Waals surface area contributed by atoms with Gasteiger partial charge in [0.2, 0.25) is 0 Å². The number of nitrogens with zero attached hydrogens (tertiary/aromatic N) is 2. The van der Waals surface area contributed by atoms with E-state index in [4.69, 9.17) is 14.6 Å². The van der Waals surface area contributed by atoms with Crippen molar-refractivity contribution >= 4 is 28.3 Å². The molecule has 0 aliphatic carbocycles. The Hall–Kier alpha value is -3.64. The molecule has 2 heterocycles. The Morgan fingerprint density at radius 3 is 2.52 bits per heavy atom. The maximum Gasteiger partial charge on any atom is 0.419 e. The smallest absolute Gasteiger partial charge is 0.419 e. The zero-order valence-electron chi connectivity index (χ0n) is 22.3. The van der Waals surface area contributed by atoms with Crippen LogP contribution in [0.2, 0.25) is 0 Å². The summed E-state index contributed by atoms with van der Waals surface area (Å²) >= 11 is 1.22. The zero-order chi connectivity index (χ0) is 29.1. The van der Waals surface area contributed by atoms with Gasteiger partial charge < -0.3 is 14.6 Å². The Morgan fingerprint density at radius 1 is 1.18 bits per heavy atom. The minimum Gasteiger partial charge on any atom is -0.496 e. The van der Waals surface area contributed by atoms with E-state index in [2.05, 4.69) is 29.0 Å². The first-order valence-electron chi connectivity index (χ1n) is 12.6. The number of thiazole rings is 1. The Labute approximate surface area is 233 Å². The highest BCUT2D eigenvalue weighted by atomic mass is 32.1. The SMILES string of the molecule is COc1ccc(-c2nc(NC(=O)c3ccc(OCC(=O)O)cc3)sc2CN2CCCC(C)(C)C2)cc1C(F)(F)F. The average molecular weight is 578 g/mol. The number of likely N-dealkylation sites (tertiary alicyclic amines) is 1. The first kappa shape index (κ1) is 29.3. The Kier molecular flexibility index (Phi) is 8.69. The van der Waals surface area contributed by atoms with E-state index in [-0.39, 0.29) is 27.4 Å². The summed E-state index contributed by atoms with van der Waals surface area (Å²) in [6.07, 6.45) is -2.52. The maximum absolute atomic E-state index is 13.8. The van der Waals surface area contributed by atoms with Gasteiger partial charge in [-0.25, -0.2) is 9.78 Å². The number of methoxy groups -OCH3 is 1. The van der Waals surface area contributed by atoms with Crippen molar-refractivity contribution in [3.8, 4) is 22.8 Å². The fourth-order valence-electron chi connectivity index (χ4n) is 4.71. The monoisotopic (exact) mass is 577 g/mol. The summed E-state index contributed by atoms with van der Waals surface area (Å²) in [5, 5.41) is 11.7. The molecule has 0 radical (unpaired) electrons. The lowest BCUT2D eigenvalue weighted by Crippen LogP contribution is -2.39. The highest BCUT2D eigenvalue weighted by molar-refractivity contribution is 7.16. The molecule has 214 valence electrons. The lowest BCUT2D eigenvalue weighted by molar-refractivity contribution is -0.139. The molecular weight excluding hydrogens is 547 g/mol. The van der Waals surface area contributed by atoms with Gasteiger partial charge in [0.05, 0.1) is 18.4 Å². The van der Waals surface area contributed by atoms with Crippen LogP contribution in [0.25, 0.3) is 11.3 Å². The number of anilines is 1. The van der Waals surface area contributed by atoms with Crippen molar-refractivity contribution in [2.45, 2.75) is 39.4 Å². The van der Waals surface area contributed by atoms with E-state index < -0.39 is 30.2 Å². The minimum absolute atomic E-state index is 0.115. The predicted molar refractivity (Wildman–Crippen MR) is 145 cm³/mol. The number of ether oxygens (including phenoxy) is 2. The molecule has 1 aromatic heterocycles. The van der Waals surface area contributed by atoms with Crippen molar-refractivity contribution in [3.05, 3.63) is 58.5 Å². The van der Waals surface area contributed by atoms with Crippen LogP contribution >= 0.6 is 11.3 Å². The highest BCUT2D eigenvalue weighted by Gasteiger charge is 2.35. The predicted octanol–water partition coefficient (Wildman–Crippen LogP) is 6.18. The third-order valence-corrected chi connectivity index (χ3v) is 7.48. The van der Waals surface area contributed by atoms with Crippen LogP contribution in [-0.4, -0.2) is 53.7 Å². The molecule has 0 saturated carbocycles. The van der Waals surface area contributed by atoms with E-state index in [1.165, 1.54) is 54.8 Å². The molecule has 8 nitrogen and oxygen atoms in total. The van der Waals surface area contributed by atoms with Gasteiger partial charge in [0.1, 0.15) is 11.5 Å². The molecule has 4 rings (SSSR count). The topological polar surface area (TPSA) is 101 Å². The van der Waals surface area contributed by atoms with Gasteiger partial charge in [0.25, 0.3) is 5.91 Å². The quantitative estimate of drug-likeness (QED) is 0.313. The second-order valence-corrected chi connectivity index (χ2v) is 11.4. The summed E-state index contributed by atoms with van der Waals surface area (Å²) < 4.78 is 51.3. The zero-order valence-corrected chi connectivity index (χ0v) is 23.1. The highest BCUT2D eigenvalue weighted by Crippen LogP contribution is 2.41.